The second-order valence-electron chi connectivity index (χ2n) is 7.07. The van der Waals surface area contributed by atoms with Gasteiger partial charge in [-0.2, -0.15) is 0 Å². The molecule has 2 aliphatic rings. The molecule has 4 rings (SSSR count). The summed E-state index contributed by atoms with van der Waals surface area (Å²) in [5.74, 6) is -0.149. The number of hydrogen-bond acceptors (Lipinski definition) is 5. The Balaban J connectivity index is 1.48. The molecule has 0 radical (unpaired) electrons. The largest absolute Gasteiger partial charge is 0.363 e. The average molecular weight is 390 g/mol. The van der Waals surface area contributed by atoms with E-state index in [9.17, 15) is 10.1 Å². The summed E-state index contributed by atoms with van der Waals surface area (Å²) in [4.78, 5) is 17.8. The number of nitro groups is 1. The van der Waals surface area contributed by atoms with E-state index in [1.807, 2.05) is 23.9 Å². The van der Waals surface area contributed by atoms with Gasteiger partial charge in [-0.1, -0.05) is 17.7 Å². The van der Waals surface area contributed by atoms with Crippen molar-refractivity contribution in [3.05, 3.63) is 51.7 Å². The molecule has 2 aliphatic heterocycles. The van der Waals surface area contributed by atoms with E-state index in [1.54, 1.807) is 6.07 Å². The number of pyridine rings is 1. The van der Waals surface area contributed by atoms with Gasteiger partial charge in [-0.25, -0.2) is 0 Å². The Morgan fingerprint density at radius 1 is 1.19 bits per heavy atom. The zero-order chi connectivity index (χ0) is 18.3. The molecule has 3 atom stereocenters. The summed E-state index contributed by atoms with van der Waals surface area (Å²) < 4.78 is 0. The first-order valence-electron chi connectivity index (χ1n) is 8.80. The van der Waals surface area contributed by atoms with Crippen molar-refractivity contribution in [3.8, 4) is 11.1 Å². The number of benzene rings is 1. The minimum atomic E-state index is -0.495. The number of halogens is 1. The quantitative estimate of drug-likeness (QED) is 0.542. The van der Waals surface area contributed by atoms with E-state index in [4.69, 9.17) is 11.6 Å². The third-order valence-electron chi connectivity index (χ3n) is 5.55. The van der Waals surface area contributed by atoms with Crippen LogP contribution in [-0.2, 0) is 0 Å². The van der Waals surface area contributed by atoms with Gasteiger partial charge < -0.3 is 15.0 Å². The number of aromatic nitrogens is 1. The number of rotatable bonds is 4. The second kappa shape index (κ2) is 7.18. The van der Waals surface area contributed by atoms with E-state index < -0.39 is 4.92 Å². The number of thioether (sulfide) groups is 1. The van der Waals surface area contributed by atoms with Crippen LogP contribution in [0.1, 0.15) is 25.7 Å². The first-order chi connectivity index (χ1) is 12.5. The lowest BCUT2D eigenvalue weighted by Crippen LogP contribution is -2.40. The van der Waals surface area contributed by atoms with Gasteiger partial charge in [0.15, 0.2) is 0 Å². The van der Waals surface area contributed by atoms with E-state index >= 15 is 0 Å². The standard InChI is InChI=1S/C19H20ClN3O2S/c1-22-14-4-5-15(22)10-16(9-14)26-18-6-2-12(8-17(18)20)13-3-7-19(21-11-13)23(24)25/h2-3,6-8,11,14-16H,4-5,9-10H2,1H3/t14-,15+,16?. The Hall–Kier alpha value is -1.63. The molecule has 136 valence electrons. The summed E-state index contributed by atoms with van der Waals surface area (Å²) in [5, 5.41) is 12.1. The van der Waals surface area contributed by atoms with Crippen molar-refractivity contribution in [1.82, 2.24) is 9.88 Å². The summed E-state index contributed by atoms with van der Waals surface area (Å²) >= 11 is 8.42. The molecular weight excluding hydrogens is 370 g/mol. The van der Waals surface area contributed by atoms with Gasteiger partial charge in [-0.3, -0.25) is 0 Å². The Morgan fingerprint density at radius 2 is 1.88 bits per heavy atom. The van der Waals surface area contributed by atoms with Crippen molar-refractivity contribution in [2.45, 2.75) is 47.9 Å². The van der Waals surface area contributed by atoms with Gasteiger partial charge in [0.2, 0.25) is 0 Å². The predicted molar refractivity (Wildman–Crippen MR) is 105 cm³/mol. The lowest BCUT2D eigenvalue weighted by molar-refractivity contribution is -0.389. The van der Waals surface area contributed by atoms with Crippen molar-refractivity contribution in [1.29, 1.82) is 0 Å². The summed E-state index contributed by atoms with van der Waals surface area (Å²) in [7, 11) is 2.25. The maximum Gasteiger partial charge on any atom is 0.363 e. The van der Waals surface area contributed by atoms with Crippen LogP contribution in [-0.4, -0.2) is 39.2 Å². The molecule has 0 amide bonds. The van der Waals surface area contributed by atoms with Crippen LogP contribution in [0.5, 0.6) is 0 Å². The molecule has 1 aromatic heterocycles. The molecule has 2 saturated heterocycles. The average Bonchev–Trinajstić information content (AvgIpc) is 2.84. The monoisotopic (exact) mass is 389 g/mol. The van der Waals surface area contributed by atoms with E-state index in [1.165, 1.54) is 37.9 Å². The molecule has 7 heteroatoms. The molecule has 0 N–H and O–H groups in total. The number of fused-ring (bicyclic) bond motifs is 2. The molecule has 3 heterocycles. The molecule has 1 aromatic carbocycles. The molecule has 2 aromatic rings. The maximum absolute atomic E-state index is 10.7. The highest BCUT2D eigenvalue weighted by molar-refractivity contribution is 8.00. The second-order valence-corrected chi connectivity index (χ2v) is 8.82. The molecule has 2 bridgehead atoms. The lowest BCUT2D eigenvalue weighted by atomic mass is 10.0. The maximum atomic E-state index is 10.7. The zero-order valence-corrected chi connectivity index (χ0v) is 16.0. The van der Waals surface area contributed by atoms with Crippen molar-refractivity contribution in [3.63, 3.8) is 0 Å². The van der Waals surface area contributed by atoms with Crippen LogP contribution in [0.15, 0.2) is 41.4 Å². The number of piperidine rings is 1. The van der Waals surface area contributed by atoms with Crippen molar-refractivity contribution < 1.29 is 4.92 Å². The minimum absolute atomic E-state index is 0.149. The molecule has 0 saturated carbocycles. The molecule has 5 nitrogen and oxygen atoms in total. The Bertz CT molecular complexity index is 816. The number of hydrogen-bond donors (Lipinski definition) is 0. The Labute approximate surface area is 161 Å². The fraction of sp³-hybridized carbons (Fsp3) is 0.421. The summed E-state index contributed by atoms with van der Waals surface area (Å²) in [6.07, 6.45) is 6.60. The van der Waals surface area contributed by atoms with E-state index in [0.29, 0.717) is 5.25 Å². The van der Waals surface area contributed by atoms with Crippen molar-refractivity contribution in [2.24, 2.45) is 0 Å². The first kappa shape index (κ1) is 17.8. The van der Waals surface area contributed by atoms with Gasteiger partial charge >= 0.3 is 5.82 Å². The highest BCUT2D eigenvalue weighted by Crippen LogP contribution is 2.43. The molecule has 0 aliphatic carbocycles. The summed E-state index contributed by atoms with van der Waals surface area (Å²) in [5.41, 5.74) is 1.75. The van der Waals surface area contributed by atoms with Crippen LogP contribution in [0.25, 0.3) is 11.1 Å². The van der Waals surface area contributed by atoms with Crippen molar-refractivity contribution >= 4 is 29.2 Å². The third kappa shape index (κ3) is 3.46. The molecular formula is C19H20ClN3O2S. The van der Waals surface area contributed by atoms with E-state index in [0.717, 1.165) is 33.1 Å². The third-order valence-corrected chi connectivity index (χ3v) is 7.30. The molecule has 0 spiro atoms. The molecule has 2 fully saturated rings. The van der Waals surface area contributed by atoms with Gasteiger partial charge in [0.25, 0.3) is 0 Å². The van der Waals surface area contributed by atoms with Crippen LogP contribution in [0.2, 0.25) is 5.02 Å². The topological polar surface area (TPSA) is 59.3 Å². The molecule has 1 unspecified atom stereocenters. The minimum Gasteiger partial charge on any atom is -0.358 e. The fourth-order valence-electron chi connectivity index (χ4n) is 4.08. The normalized spacial score (nSPS) is 25.4. The predicted octanol–water partition coefficient (Wildman–Crippen LogP) is 5.03. The zero-order valence-electron chi connectivity index (χ0n) is 14.5. The fourth-order valence-corrected chi connectivity index (χ4v) is 5.71. The summed E-state index contributed by atoms with van der Waals surface area (Å²) in [6, 6.07) is 10.6. The van der Waals surface area contributed by atoms with Gasteiger partial charge in [-0.05, 0) is 66.4 Å². The van der Waals surface area contributed by atoms with Crippen LogP contribution < -0.4 is 0 Å². The lowest BCUT2D eigenvalue weighted by Gasteiger charge is -2.36. The highest BCUT2D eigenvalue weighted by Gasteiger charge is 2.38. The number of nitrogens with zero attached hydrogens (tertiary/aromatic N) is 3. The SMILES string of the molecule is CN1[C@@H]2CC[C@H]1CC(Sc1ccc(-c3ccc([N+](=O)[O-])nc3)cc1Cl)C2. The highest BCUT2D eigenvalue weighted by atomic mass is 35.5. The van der Waals surface area contributed by atoms with Crippen LogP contribution >= 0.6 is 23.4 Å². The van der Waals surface area contributed by atoms with Gasteiger partial charge in [0.1, 0.15) is 6.20 Å². The van der Waals surface area contributed by atoms with Crippen molar-refractivity contribution in [2.75, 3.05) is 7.05 Å². The smallest absolute Gasteiger partial charge is 0.358 e. The van der Waals surface area contributed by atoms with Crippen LogP contribution in [0, 0.1) is 10.1 Å². The summed E-state index contributed by atoms with van der Waals surface area (Å²) in [6.45, 7) is 0. The Morgan fingerprint density at radius 3 is 2.46 bits per heavy atom. The van der Waals surface area contributed by atoms with Gasteiger partial charge in [0, 0.05) is 33.9 Å². The van der Waals surface area contributed by atoms with E-state index in [2.05, 4.69) is 23.0 Å². The van der Waals surface area contributed by atoms with E-state index in [-0.39, 0.29) is 5.82 Å². The van der Waals surface area contributed by atoms with Gasteiger partial charge in [-0.15, -0.1) is 11.8 Å². The van der Waals surface area contributed by atoms with Crippen LogP contribution in [0.4, 0.5) is 5.82 Å². The van der Waals surface area contributed by atoms with Gasteiger partial charge in [0.05, 0.1) is 5.02 Å². The first-order valence-corrected chi connectivity index (χ1v) is 10.1. The Kier molecular flexibility index (Phi) is 4.90. The van der Waals surface area contributed by atoms with Crippen LogP contribution in [0.3, 0.4) is 0 Å². The molecule has 26 heavy (non-hydrogen) atoms.